The second-order valence-corrected chi connectivity index (χ2v) is 4.99. The maximum atomic E-state index is 6.15. The van der Waals surface area contributed by atoms with Crippen molar-refractivity contribution in [3.63, 3.8) is 0 Å². The number of nitrogens with two attached hydrogens (primary N) is 1. The fourth-order valence-electron chi connectivity index (χ4n) is 3.05. The van der Waals surface area contributed by atoms with Crippen LogP contribution in [0, 0.1) is 11.8 Å². The molecule has 2 fully saturated rings. The van der Waals surface area contributed by atoms with E-state index in [1.54, 1.807) is 0 Å². The molecule has 2 bridgehead atoms. The van der Waals surface area contributed by atoms with Crippen molar-refractivity contribution in [2.24, 2.45) is 17.6 Å². The van der Waals surface area contributed by atoms with Crippen LogP contribution >= 0.6 is 0 Å². The van der Waals surface area contributed by atoms with Crippen molar-refractivity contribution in [1.29, 1.82) is 0 Å². The number of fused-ring (bicyclic) bond motifs is 2. The molecule has 0 radical (unpaired) electrons. The van der Waals surface area contributed by atoms with Gasteiger partial charge in [0.15, 0.2) is 0 Å². The minimum Gasteiger partial charge on any atom is -0.378 e. The maximum Gasteiger partial charge on any atom is 0.0581 e. The van der Waals surface area contributed by atoms with Crippen LogP contribution in [0.4, 0.5) is 0 Å². The van der Waals surface area contributed by atoms with Crippen LogP contribution in [0.15, 0.2) is 0 Å². The second kappa shape index (κ2) is 4.63. The summed E-state index contributed by atoms with van der Waals surface area (Å²) in [4.78, 5) is 0. The second-order valence-electron chi connectivity index (χ2n) is 4.99. The Morgan fingerprint density at radius 1 is 1.21 bits per heavy atom. The third-order valence-corrected chi connectivity index (χ3v) is 3.98. The molecular formula is C12H23NO. The Balaban J connectivity index is 1.76. The van der Waals surface area contributed by atoms with Crippen LogP contribution < -0.4 is 5.73 Å². The Kier molecular flexibility index (Phi) is 3.45. The lowest BCUT2D eigenvalue weighted by Crippen LogP contribution is -2.40. The van der Waals surface area contributed by atoms with Gasteiger partial charge in [-0.15, -0.1) is 0 Å². The summed E-state index contributed by atoms with van der Waals surface area (Å²) >= 11 is 0. The highest BCUT2D eigenvalue weighted by molar-refractivity contribution is 4.95. The van der Waals surface area contributed by atoms with E-state index in [9.17, 15) is 0 Å². The van der Waals surface area contributed by atoms with Crippen LogP contribution in [0.2, 0.25) is 0 Å². The summed E-state index contributed by atoms with van der Waals surface area (Å²) in [6, 6.07) is 0.487. The molecule has 82 valence electrons. The van der Waals surface area contributed by atoms with Gasteiger partial charge >= 0.3 is 0 Å². The van der Waals surface area contributed by atoms with Crippen LogP contribution in [0.3, 0.4) is 0 Å². The number of hydrogen-bond donors (Lipinski definition) is 1. The molecule has 2 rings (SSSR count). The first-order valence-electron chi connectivity index (χ1n) is 6.18. The molecule has 2 aliphatic rings. The zero-order chi connectivity index (χ0) is 9.97. The van der Waals surface area contributed by atoms with E-state index in [1.165, 1.54) is 38.5 Å². The highest BCUT2D eigenvalue weighted by Gasteiger charge is 2.40. The van der Waals surface area contributed by atoms with Gasteiger partial charge in [0.1, 0.15) is 0 Å². The zero-order valence-electron chi connectivity index (χ0n) is 9.24. The van der Waals surface area contributed by atoms with Crippen molar-refractivity contribution in [1.82, 2.24) is 0 Å². The van der Waals surface area contributed by atoms with Crippen molar-refractivity contribution < 1.29 is 4.74 Å². The van der Waals surface area contributed by atoms with Gasteiger partial charge in [0.05, 0.1) is 6.10 Å². The molecule has 2 saturated carbocycles. The highest BCUT2D eigenvalue weighted by atomic mass is 16.5. The van der Waals surface area contributed by atoms with Gasteiger partial charge in [0, 0.05) is 12.6 Å². The van der Waals surface area contributed by atoms with Gasteiger partial charge in [-0.3, -0.25) is 0 Å². The lowest BCUT2D eigenvalue weighted by molar-refractivity contribution is 0.00298. The monoisotopic (exact) mass is 197 g/mol. The van der Waals surface area contributed by atoms with Crippen LogP contribution in [0.25, 0.3) is 0 Å². The Hall–Kier alpha value is -0.0800. The number of ether oxygens (including phenoxy) is 1. The molecule has 0 aliphatic heterocycles. The Labute approximate surface area is 87.2 Å². The maximum absolute atomic E-state index is 6.15. The summed E-state index contributed by atoms with van der Waals surface area (Å²) in [5.74, 6) is 1.53. The van der Waals surface area contributed by atoms with Crippen molar-refractivity contribution >= 4 is 0 Å². The molecule has 2 N–H and O–H groups in total. The molecule has 0 spiro atoms. The summed E-state index contributed by atoms with van der Waals surface area (Å²) in [6.07, 6.45) is 8.11. The third-order valence-electron chi connectivity index (χ3n) is 3.98. The summed E-state index contributed by atoms with van der Waals surface area (Å²) in [5, 5.41) is 0. The standard InChI is InChI=1S/C12H23NO/c1-2-3-6-14-11-7-9-4-5-10(8-11)12(9)13/h9-12H,2-8,13H2,1H3/t9-,10+,11+,12+. The third kappa shape index (κ3) is 2.12. The molecule has 2 heteroatoms. The predicted molar refractivity (Wildman–Crippen MR) is 58.1 cm³/mol. The fourth-order valence-corrected chi connectivity index (χ4v) is 3.05. The van der Waals surface area contributed by atoms with Gasteiger partial charge in [-0.2, -0.15) is 0 Å². The number of rotatable bonds is 4. The van der Waals surface area contributed by atoms with Crippen LogP contribution in [0.5, 0.6) is 0 Å². The van der Waals surface area contributed by atoms with Gasteiger partial charge < -0.3 is 10.5 Å². The molecule has 2 nitrogen and oxygen atoms in total. The number of hydrogen-bond acceptors (Lipinski definition) is 2. The van der Waals surface area contributed by atoms with Crippen molar-refractivity contribution in [2.75, 3.05) is 6.61 Å². The molecule has 0 saturated heterocycles. The quantitative estimate of drug-likeness (QED) is 0.702. The molecule has 0 aromatic rings. The number of unbranched alkanes of at least 4 members (excludes halogenated alkanes) is 1. The SMILES string of the molecule is CCCCO[C@H]1C[C@H]2CC[C@@H](C1)[C@H]2N. The largest absolute Gasteiger partial charge is 0.378 e. The Bertz CT molecular complexity index is 169. The summed E-state index contributed by atoms with van der Waals surface area (Å²) in [5.41, 5.74) is 6.15. The van der Waals surface area contributed by atoms with Gasteiger partial charge in [-0.05, 0) is 43.9 Å². The fraction of sp³-hybridized carbons (Fsp3) is 1.00. The van der Waals surface area contributed by atoms with Crippen molar-refractivity contribution in [2.45, 2.75) is 57.6 Å². The van der Waals surface area contributed by atoms with Crippen LogP contribution in [-0.4, -0.2) is 18.8 Å². The highest BCUT2D eigenvalue weighted by Crippen LogP contribution is 2.42. The van der Waals surface area contributed by atoms with Crippen LogP contribution in [-0.2, 0) is 4.74 Å². The van der Waals surface area contributed by atoms with Gasteiger partial charge in [-0.1, -0.05) is 13.3 Å². The Morgan fingerprint density at radius 3 is 2.43 bits per heavy atom. The first-order chi connectivity index (χ1) is 6.81. The molecule has 0 heterocycles. The van der Waals surface area contributed by atoms with E-state index in [4.69, 9.17) is 10.5 Å². The molecule has 0 unspecified atom stereocenters. The summed E-state index contributed by atoms with van der Waals surface area (Å²) in [6.45, 7) is 3.17. The first-order valence-corrected chi connectivity index (χ1v) is 6.18. The first kappa shape index (κ1) is 10.4. The van der Waals surface area contributed by atoms with Crippen molar-refractivity contribution in [3.8, 4) is 0 Å². The average Bonchev–Trinajstić information content (AvgIpc) is 2.41. The molecule has 0 aromatic heterocycles. The van der Waals surface area contributed by atoms with E-state index in [2.05, 4.69) is 6.92 Å². The predicted octanol–water partition coefficient (Wildman–Crippen LogP) is 2.32. The molecule has 2 aliphatic carbocycles. The van der Waals surface area contributed by atoms with E-state index in [0.29, 0.717) is 12.1 Å². The minimum absolute atomic E-state index is 0.487. The van der Waals surface area contributed by atoms with E-state index in [0.717, 1.165) is 18.4 Å². The lowest BCUT2D eigenvalue weighted by Gasteiger charge is -2.32. The molecule has 14 heavy (non-hydrogen) atoms. The summed E-state index contributed by atoms with van der Waals surface area (Å²) in [7, 11) is 0. The Morgan fingerprint density at radius 2 is 1.86 bits per heavy atom. The topological polar surface area (TPSA) is 35.2 Å². The molecule has 4 atom stereocenters. The van der Waals surface area contributed by atoms with E-state index < -0.39 is 0 Å². The average molecular weight is 197 g/mol. The van der Waals surface area contributed by atoms with Gasteiger partial charge in [-0.25, -0.2) is 0 Å². The zero-order valence-corrected chi connectivity index (χ0v) is 9.24. The minimum atomic E-state index is 0.487. The molecule has 0 amide bonds. The summed E-state index contributed by atoms with van der Waals surface area (Å²) < 4.78 is 5.90. The lowest BCUT2D eigenvalue weighted by atomic mass is 9.83. The molecule has 0 aromatic carbocycles. The normalized spacial score (nSPS) is 41.6. The van der Waals surface area contributed by atoms with Crippen LogP contribution in [0.1, 0.15) is 45.4 Å². The van der Waals surface area contributed by atoms with E-state index in [-0.39, 0.29) is 0 Å². The van der Waals surface area contributed by atoms with Gasteiger partial charge in [0.25, 0.3) is 0 Å². The van der Waals surface area contributed by atoms with E-state index in [1.807, 2.05) is 0 Å². The smallest absolute Gasteiger partial charge is 0.0581 e. The van der Waals surface area contributed by atoms with E-state index >= 15 is 0 Å². The molecular weight excluding hydrogens is 174 g/mol. The van der Waals surface area contributed by atoms with Crippen molar-refractivity contribution in [3.05, 3.63) is 0 Å². The van der Waals surface area contributed by atoms with Gasteiger partial charge in [0.2, 0.25) is 0 Å².